The van der Waals surface area contributed by atoms with Crippen molar-refractivity contribution in [1.82, 2.24) is 0 Å². The topological polar surface area (TPSA) is 52.6 Å². The third kappa shape index (κ3) is 9.56. The molecule has 0 saturated carbocycles. The minimum atomic E-state index is -0.392. The van der Waals surface area contributed by atoms with Crippen molar-refractivity contribution in [1.29, 1.82) is 0 Å². The Balaban J connectivity index is 2.08. The number of alkyl halides is 1. The number of esters is 2. The van der Waals surface area contributed by atoms with Crippen LogP contribution >= 0.6 is 11.6 Å². The molecule has 0 aliphatic heterocycles. The normalized spacial score (nSPS) is 10.4. The molecule has 4 nitrogen and oxygen atoms in total. The Bertz CT molecular complexity index is 485. The maximum atomic E-state index is 11.6. The van der Waals surface area contributed by atoms with E-state index in [0.29, 0.717) is 12.5 Å². The van der Waals surface area contributed by atoms with Gasteiger partial charge in [-0.3, -0.25) is 9.59 Å². The predicted octanol–water partition coefficient (Wildman–Crippen LogP) is 4.76. The molecule has 0 radical (unpaired) electrons. The summed E-state index contributed by atoms with van der Waals surface area (Å²) in [4.78, 5) is 23.2. The average molecular weight is 355 g/mol. The minimum Gasteiger partial charge on any atom is -0.466 e. The number of unbranched alkanes of at least 4 members (excludes halogenated alkanes) is 4. The fourth-order valence-corrected chi connectivity index (χ4v) is 2.31. The second-order valence-corrected chi connectivity index (χ2v) is 6.01. The lowest BCUT2D eigenvalue weighted by atomic mass is 10.2. The van der Waals surface area contributed by atoms with E-state index in [0.717, 1.165) is 24.0 Å². The summed E-state index contributed by atoms with van der Waals surface area (Å²) in [6.07, 6.45) is 5.66. The molecule has 0 amide bonds. The molecule has 134 valence electrons. The number of carbonyl (C=O) groups excluding carboxylic acids is 2. The van der Waals surface area contributed by atoms with Crippen LogP contribution in [0, 0.1) is 0 Å². The van der Waals surface area contributed by atoms with E-state index < -0.39 is 5.97 Å². The van der Waals surface area contributed by atoms with Crippen LogP contribution in [0.5, 0.6) is 0 Å². The van der Waals surface area contributed by atoms with E-state index in [-0.39, 0.29) is 25.4 Å². The number of benzene rings is 1. The number of hydrogen-bond donors (Lipinski definition) is 0. The summed E-state index contributed by atoms with van der Waals surface area (Å²) in [6.45, 7) is 2.80. The zero-order valence-electron chi connectivity index (χ0n) is 14.4. The molecule has 1 rings (SSSR count). The van der Waals surface area contributed by atoms with E-state index in [1.165, 1.54) is 19.3 Å². The van der Waals surface area contributed by atoms with E-state index in [2.05, 4.69) is 6.92 Å². The van der Waals surface area contributed by atoms with Crippen molar-refractivity contribution in [2.24, 2.45) is 0 Å². The van der Waals surface area contributed by atoms with Crippen LogP contribution in [0.3, 0.4) is 0 Å². The van der Waals surface area contributed by atoms with Crippen molar-refractivity contribution >= 4 is 23.5 Å². The monoisotopic (exact) mass is 354 g/mol. The molecule has 0 heterocycles. The van der Waals surface area contributed by atoms with Gasteiger partial charge in [0.25, 0.3) is 0 Å². The summed E-state index contributed by atoms with van der Waals surface area (Å²) in [7, 11) is 0. The highest BCUT2D eigenvalue weighted by atomic mass is 35.5. The van der Waals surface area contributed by atoms with Crippen LogP contribution in [0.4, 0.5) is 0 Å². The lowest BCUT2D eigenvalue weighted by Gasteiger charge is -2.06. The van der Waals surface area contributed by atoms with Crippen LogP contribution in [0.1, 0.15) is 63.0 Å². The molecule has 1 aromatic carbocycles. The molecular formula is C19H27ClO4. The molecule has 1 aromatic rings. The summed E-state index contributed by atoms with van der Waals surface area (Å²) >= 11 is 5.72. The number of hydrogen-bond acceptors (Lipinski definition) is 4. The molecule has 0 atom stereocenters. The standard InChI is InChI=1S/C19H27ClO4/c1-2-3-4-5-6-13-23-18(21)11-12-19(22)24-15-17-9-7-16(14-20)8-10-17/h7-10H,2-6,11-15H2,1H3. The van der Waals surface area contributed by atoms with Crippen molar-refractivity contribution in [2.45, 2.75) is 64.4 Å². The second kappa shape index (κ2) is 12.8. The van der Waals surface area contributed by atoms with Crippen LogP contribution in [0.25, 0.3) is 0 Å². The first-order chi connectivity index (χ1) is 11.7. The molecule has 0 aliphatic carbocycles. The van der Waals surface area contributed by atoms with Gasteiger partial charge in [0.2, 0.25) is 0 Å². The first kappa shape index (κ1) is 20.5. The highest BCUT2D eigenvalue weighted by Gasteiger charge is 2.09. The summed E-state index contributed by atoms with van der Waals surface area (Å²) in [5.41, 5.74) is 1.91. The molecule has 5 heteroatoms. The largest absolute Gasteiger partial charge is 0.466 e. The Hall–Kier alpha value is -1.55. The lowest BCUT2D eigenvalue weighted by molar-refractivity contribution is -0.151. The predicted molar refractivity (Wildman–Crippen MR) is 94.7 cm³/mol. The zero-order valence-corrected chi connectivity index (χ0v) is 15.1. The maximum Gasteiger partial charge on any atom is 0.306 e. The Morgan fingerprint density at radius 1 is 0.875 bits per heavy atom. The van der Waals surface area contributed by atoms with Crippen molar-refractivity contribution in [3.63, 3.8) is 0 Å². The Morgan fingerprint density at radius 2 is 1.46 bits per heavy atom. The van der Waals surface area contributed by atoms with Gasteiger partial charge in [0.1, 0.15) is 6.61 Å². The number of carbonyl (C=O) groups is 2. The van der Waals surface area contributed by atoms with E-state index >= 15 is 0 Å². The first-order valence-corrected chi connectivity index (χ1v) is 9.14. The highest BCUT2D eigenvalue weighted by molar-refractivity contribution is 6.17. The van der Waals surface area contributed by atoms with E-state index in [1.807, 2.05) is 24.3 Å². The minimum absolute atomic E-state index is 0.0500. The molecule has 0 saturated heterocycles. The molecular weight excluding hydrogens is 328 g/mol. The smallest absolute Gasteiger partial charge is 0.306 e. The molecule has 0 aromatic heterocycles. The van der Waals surface area contributed by atoms with Crippen molar-refractivity contribution in [3.05, 3.63) is 35.4 Å². The van der Waals surface area contributed by atoms with Crippen LogP contribution in [0.2, 0.25) is 0 Å². The van der Waals surface area contributed by atoms with Gasteiger partial charge in [-0.2, -0.15) is 0 Å². The van der Waals surface area contributed by atoms with Gasteiger partial charge in [-0.1, -0.05) is 56.9 Å². The average Bonchev–Trinajstić information content (AvgIpc) is 2.61. The van der Waals surface area contributed by atoms with Gasteiger partial charge in [-0.05, 0) is 17.5 Å². The molecule has 24 heavy (non-hydrogen) atoms. The number of rotatable bonds is 12. The summed E-state index contributed by atoms with van der Waals surface area (Å²) in [5, 5.41) is 0. The van der Waals surface area contributed by atoms with Gasteiger partial charge < -0.3 is 9.47 Å². The number of halogens is 1. The van der Waals surface area contributed by atoms with Gasteiger partial charge in [-0.15, -0.1) is 11.6 Å². The molecule has 0 spiro atoms. The van der Waals surface area contributed by atoms with Crippen LogP contribution < -0.4 is 0 Å². The molecule has 0 N–H and O–H groups in total. The SMILES string of the molecule is CCCCCCCOC(=O)CCC(=O)OCc1ccc(CCl)cc1. The fraction of sp³-hybridized carbons (Fsp3) is 0.579. The first-order valence-electron chi connectivity index (χ1n) is 8.60. The van der Waals surface area contributed by atoms with Gasteiger partial charge >= 0.3 is 11.9 Å². The highest BCUT2D eigenvalue weighted by Crippen LogP contribution is 2.09. The Morgan fingerprint density at radius 3 is 2.08 bits per heavy atom. The van der Waals surface area contributed by atoms with E-state index in [1.54, 1.807) is 0 Å². The maximum absolute atomic E-state index is 11.6. The molecule has 0 aliphatic rings. The van der Waals surface area contributed by atoms with Crippen LogP contribution in [-0.4, -0.2) is 18.5 Å². The van der Waals surface area contributed by atoms with Crippen LogP contribution in [-0.2, 0) is 31.5 Å². The van der Waals surface area contributed by atoms with E-state index in [9.17, 15) is 9.59 Å². The Labute approximate surface area is 149 Å². The van der Waals surface area contributed by atoms with Gasteiger partial charge in [-0.25, -0.2) is 0 Å². The third-order valence-corrected chi connectivity index (χ3v) is 3.93. The summed E-state index contributed by atoms with van der Waals surface area (Å²) in [5.74, 6) is -0.272. The van der Waals surface area contributed by atoms with Crippen LogP contribution in [0.15, 0.2) is 24.3 Å². The van der Waals surface area contributed by atoms with Crippen molar-refractivity contribution in [3.8, 4) is 0 Å². The molecule has 0 fully saturated rings. The summed E-state index contributed by atoms with van der Waals surface area (Å²) < 4.78 is 10.2. The quantitative estimate of drug-likeness (QED) is 0.308. The number of ether oxygens (including phenoxy) is 2. The fourth-order valence-electron chi connectivity index (χ4n) is 2.13. The Kier molecular flexibility index (Phi) is 10.9. The third-order valence-electron chi connectivity index (χ3n) is 3.62. The molecule has 0 bridgehead atoms. The molecule has 0 unspecified atom stereocenters. The second-order valence-electron chi connectivity index (χ2n) is 5.75. The van der Waals surface area contributed by atoms with Crippen molar-refractivity contribution in [2.75, 3.05) is 6.61 Å². The summed E-state index contributed by atoms with van der Waals surface area (Å²) in [6, 6.07) is 7.54. The van der Waals surface area contributed by atoms with E-state index in [4.69, 9.17) is 21.1 Å². The van der Waals surface area contributed by atoms with Gasteiger partial charge in [0.05, 0.1) is 19.4 Å². The van der Waals surface area contributed by atoms with Crippen molar-refractivity contribution < 1.29 is 19.1 Å². The van der Waals surface area contributed by atoms with Gasteiger partial charge in [0, 0.05) is 5.88 Å². The lowest BCUT2D eigenvalue weighted by Crippen LogP contribution is -2.11. The van der Waals surface area contributed by atoms with Gasteiger partial charge in [0.15, 0.2) is 0 Å². The zero-order chi connectivity index (χ0) is 17.6.